The molecule has 3 rings (SSSR count). The Hall–Kier alpha value is -1.66. The lowest BCUT2D eigenvalue weighted by Crippen LogP contribution is -2.29. The quantitative estimate of drug-likeness (QED) is 0.456. The highest BCUT2D eigenvalue weighted by molar-refractivity contribution is 8.01. The summed E-state index contributed by atoms with van der Waals surface area (Å²) in [6.45, 7) is 2.19. The van der Waals surface area contributed by atoms with Crippen LogP contribution in [0, 0.1) is 0 Å². The monoisotopic (exact) mass is 332 g/mol. The van der Waals surface area contributed by atoms with Gasteiger partial charge in [0.05, 0.1) is 15.9 Å². The number of thioether (sulfide) groups is 1. The average molecular weight is 332 g/mol. The van der Waals surface area contributed by atoms with Crippen LogP contribution >= 0.6 is 23.1 Å². The number of unbranched alkanes of at least 4 members (excludes halogenated alkanes) is 2. The molecular formula is C16H16N2O2S2. The second kappa shape index (κ2) is 6.62. The molecule has 0 radical (unpaired) electrons. The Kier molecular flexibility index (Phi) is 4.59. The summed E-state index contributed by atoms with van der Waals surface area (Å²) in [7, 11) is 0. The molecular weight excluding hydrogens is 316 g/mol. The van der Waals surface area contributed by atoms with Gasteiger partial charge in [-0.1, -0.05) is 31.5 Å². The number of fused-ring (bicyclic) bond motifs is 1. The normalized spacial score (nSPS) is 14.5. The highest BCUT2D eigenvalue weighted by atomic mass is 32.2. The maximum atomic E-state index is 11.7. The number of aromatic nitrogens is 1. The molecule has 0 bridgehead atoms. The van der Waals surface area contributed by atoms with Gasteiger partial charge < -0.3 is 0 Å². The third-order valence-corrected chi connectivity index (χ3v) is 5.64. The number of anilines is 1. The minimum atomic E-state index is -0.289. The van der Waals surface area contributed by atoms with Gasteiger partial charge in [-0.25, -0.2) is 9.88 Å². The van der Waals surface area contributed by atoms with Crippen LogP contribution in [0.15, 0.2) is 34.7 Å². The summed E-state index contributed by atoms with van der Waals surface area (Å²) in [6.07, 6.45) is 6.26. The summed E-state index contributed by atoms with van der Waals surface area (Å²) in [4.78, 5) is 29.2. The van der Waals surface area contributed by atoms with Crippen LogP contribution in [-0.2, 0) is 9.59 Å². The molecule has 0 aliphatic carbocycles. The highest BCUT2D eigenvalue weighted by Gasteiger charge is 2.25. The Bertz CT molecular complexity index is 734. The van der Waals surface area contributed by atoms with E-state index in [0.717, 1.165) is 20.3 Å². The van der Waals surface area contributed by atoms with Crippen LogP contribution in [0.3, 0.4) is 0 Å². The Balaban J connectivity index is 1.78. The SMILES string of the molecule is CCCCCSc1nc2ccc(N3C(=O)C=CC3=O)cc2s1. The summed E-state index contributed by atoms with van der Waals surface area (Å²) in [5.41, 5.74) is 1.53. The molecule has 1 aliphatic heterocycles. The van der Waals surface area contributed by atoms with Crippen LogP contribution < -0.4 is 4.90 Å². The zero-order valence-corrected chi connectivity index (χ0v) is 13.9. The fraction of sp³-hybridized carbons (Fsp3) is 0.312. The molecule has 0 fully saturated rings. The molecule has 114 valence electrons. The smallest absolute Gasteiger partial charge is 0.258 e. The van der Waals surface area contributed by atoms with Gasteiger partial charge in [-0.3, -0.25) is 9.59 Å². The molecule has 0 atom stereocenters. The van der Waals surface area contributed by atoms with Crippen LogP contribution in [0.25, 0.3) is 10.2 Å². The number of carbonyl (C=O) groups excluding carboxylic acids is 2. The molecule has 1 aromatic carbocycles. The van der Waals surface area contributed by atoms with E-state index in [1.54, 1.807) is 29.2 Å². The Labute approximate surface area is 137 Å². The Morgan fingerprint density at radius 3 is 2.68 bits per heavy atom. The van der Waals surface area contributed by atoms with Crippen LogP contribution in [0.2, 0.25) is 0 Å². The fourth-order valence-electron chi connectivity index (χ4n) is 2.26. The maximum Gasteiger partial charge on any atom is 0.258 e. The zero-order valence-electron chi connectivity index (χ0n) is 12.2. The number of imide groups is 1. The number of thiazole rings is 1. The molecule has 22 heavy (non-hydrogen) atoms. The summed E-state index contributed by atoms with van der Waals surface area (Å²) >= 11 is 3.39. The van der Waals surface area contributed by atoms with Gasteiger partial charge in [-0.05, 0) is 24.6 Å². The summed E-state index contributed by atoms with van der Waals surface area (Å²) in [6, 6.07) is 5.51. The first-order valence-corrected chi connectivity index (χ1v) is 9.09. The molecule has 2 aromatic rings. The first kappa shape index (κ1) is 15.2. The highest BCUT2D eigenvalue weighted by Crippen LogP contribution is 2.33. The summed E-state index contributed by atoms with van der Waals surface area (Å²) in [5.74, 6) is 0.499. The average Bonchev–Trinajstić information content (AvgIpc) is 3.06. The lowest BCUT2D eigenvalue weighted by Gasteiger charge is -2.13. The van der Waals surface area contributed by atoms with E-state index >= 15 is 0 Å². The van der Waals surface area contributed by atoms with Crippen LogP contribution in [0.5, 0.6) is 0 Å². The van der Waals surface area contributed by atoms with Crippen LogP contribution in [0.1, 0.15) is 26.2 Å². The van der Waals surface area contributed by atoms with Crippen molar-refractivity contribution in [3.8, 4) is 0 Å². The van der Waals surface area contributed by atoms with Gasteiger partial charge >= 0.3 is 0 Å². The summed E-state index contributed by atoms with van der Waals surface area (Å²) in [5, 5.41) is 0. The van der Waals surface area contributed by atoms with Gasteiger partial charge in [0.15, 0.2) is 4.34 Å². The van der Waals surface area contributed by atoms with Crippen LogP contribution in [-0.4, -0.2) is 22.6 Å². The number of carbonyl (C=O) groups is 2. The lowest BCUT2D eigenvalue weighted by atomic mass is 10.2. The van der Waals surface area contributed by atoms with E-state index in [4.69, 9.17) is 0 Å². The number of benzene rings is 1. The molecule has 4 nitrogen and oxygen atoms in total. The Morgan fingerprint density at radius 2 is 1.95 bits per heavy atom. The predicted molar refractivity (Wildman–Crippen MR) is 91.5 cm³/mol. The van der Waals surface area contributed by atoms with E-state index in [2.05, 4.69) is 11.9 Å². The molecule has 0 saturated heterocycles. The van der Waals surface area contributed by atoms with Crippen molar-refractivity contribution in [2.45, 2.75) is 30.5 Å². The van der Waals surface area contributed by atoms with E-state index in [-0.39, 0.29) is 11.8 Å². The van der Waals surface area contributed by atoms with E-state index in [9.17, 15) is 9.59 Å². The van der Waals surface area contributed by atoms with Gasteiger partial charge in [-0.2, -0.15) is 0 Å². The van der Waals surface area contributed by atoms with E-state index in [1.165, 1.54) is 36.3 Å². The van der Waals surface area contributed by atoms with Crippen molar-refractivity contribution >= 4 is 50.8 Å². The van der Waals surface area contributed by atoms with Gasteiger partial charge in [0.1, 0.15) is 0 Å². The lowest BCUT2D eigenvalue weighted by molar-refractivity contribution is -0.119. The van der Waals surface area contributed by atoms with Gasteiger partial charge in [0, 0.05) is 17.9 Å². The largest absolute Gasteiger partial charge is 0.269 e. The number of amides is 2. The molecule has 1 aliphatic rings. The van der Waals surface area contributed by atoms with E-state index in [0.29, 0.717) is 5.69 Å². The fourth-order valence-corrected chi connectivity index (χ4v) is 4.43. The molecule has 0 N–H and O–H groups in total. The van der Waals surface area contributed by atoms with E-state index in [1.807, 2.05) is 12.1 Å². The molecule has 1 aromatic heterocycles. The van der Waals surface area contributed by atoms with Crippen molar-refractivity contribution in [1.29, 1.82) is 0 Å². The van der Waals surface area contributed by atoms with Crippen molar-refractivity contribution in [2.24, 2.45) is 0 Å². The molecule has 2 amide bonds. The third kappa shape index (κ3) is 3.08. The molecule has 0 unspecified atom stereocenters. The third-order valence-electron chi connectivity index (χ3n) is 3.39. The number of hydrogen-bond donors (Lipinski definition) is 0. The topological polar surface area (TPSA) is 50.3 Å². The second-order valence-electron chi connectivity index (χ2n) is 5.03. The first-order valence-electron chi connectivity index (χ1n) is 7.28. The molecule has 0 spiro atoms. The van der Waals surface area contributed by atoms with Crippen LogP contribution in [0.4, 0.5) is 5.69 Å². The van der Waals surface area contributed by atoms with Crippen molar-refractivity contribution in [3.05, 3.63) is 30.4 Å². The van der Waals surface area contributed by atoms with Crippen molar-refractivity contribution in [1.82, 2.24) is 4.98 Å². The first-order chi connectivity index (χ1) is 10.7. The minimum Gasteiger partial charge on any atom is -0.269 e. The second-order valence-corrected chi connectivity index (χ2v) is 7.41. The minimum absolute atomic E-state index is 0.289. The number of nitrogens with zero attached hydrogens (tertiary/aromatic N) is 2. The number of hydrogen-bond acceptors (Lipinski definition) is 5. The molecule has 6 heteroatoms. The standard InChI is InChI=1S/C16H16N2O2S2/c1-2-3-4-9-21-16-17-12-6-5-11(10-13(12)22-16)18-14(19)7-8-15(18)20/h5-8,10H,2-4,9H2,1H3. The summed E-state index contributed by atoms with van der Waals surface area (Å²) < 4.78 is 2.04. The zero-order chi connectivity index (χ0) is 15.5. The van der Waals surface area contributed by atoms with Gasteiger partial charge in [0.25, 0.3) is 11.8 Å². The van der Waals surface area contributed by atoms with Crippen molar-refractivity contribution < 1.29 is 9.59 Å². The van der Waals surface area contributed by atoms with E-state index < -0.39 is 0 Å². The number of rotatable bonds is 6. The molecule has 0 saturated carbocycles. The van der Waals surface area contributed by atoms with Crippen molar-refractivity contribution in [2.75, 3.05) is 10.7 Å². The van der Waals surface area contributed by atoms with Crippen molar-refractivity contribution in [3.63, 3.8) is 0 Å². The predicted octanol–water partition coefficient (Wildman–Crippen LogP) is 4.01. The molecule has 2 heterocycles. The maximum absolute atomic E-state index is 11.7. The Morgan fingerprint density at radius 1 is 1.18 bits per heavy atom. The van der Waals surface area contributed by atoms with Gasteiger partial charge in [0.2, 0.25) is 0 Å². The van der Waals surface area contributed by atoms with Gasteiger partial charge in [-0.15, -0.1) is 11.3 Å².